The first-order chi connectivity index (χ1) is 11.6. The van der Waals surface area contributed by atoms with E-state index >= 15 is 0 Å². The summed E-state index contributed by atoms with van der Waals surface area (Å²) in [6.07, 6.45) is 5.24. The lowest BCUT2D eigenvalue weighted by atomic mass is 9.86. The Hall–Kier alpha value is -2.06. The van der Waals surface area contributed by atoms with Crippen LogP contribution in [0.5, 0.6) is 0 Å². The Bertz CT molecular complexity index is 571. The molecule has 24 heavy (non-hydrogen) atoms. The molecule has 0 saturated heterocycles. The molecule has 1 aliphatic carbocycles. The molecule has 1 aromatic rings. The fourth-order valence-electron chi connectivity index (χ4n) is 3.36. The summed E-state index contributed by atoms with van der Waals surface area (Å²) in [7, 11) is 4.23. The van der Waals surface area contributed by atoms with E-state index in [-0.39, 0.29) is 6.03 Å². The van der Waals surface area contributed by atoms with Gasteiger partial charge in [0.05, 0.1) is 11.6 Å². The molecule has 1 aromatic carbocycles. The van der Waals surface area contributed by atoms with Crippen molar-refractivity contribution < 1.29 is 4.79 Å². The minimum absolute atomic E-state index is 0.0810. The number of nitrogens with zero attached hydrogens (tertiary/aromatic N) is 2. The molecule has 0 unspecified atom stereocenters. The van der Waals surface area contributed by atoms with Crippen LogP contribution < -0.4 is 10.6 Å². The average molecular weight is 328 g/mol. The molecular weight excluding hydrogens is 300 g/mol. The van der Waals surface area contributed by atoms with Crippen LogP contribution in [-0.4, -0.2) is 44.2 Å². The molecular formula is C19H28N4O. The third-order valence-electron chi connectivity index (χ3n) is 4.56. The molecule has 0 aromatic heterocycles. The molecule has 1 fully saturated rings. The normalized spacial score (nSPS) is 20.4. The maximum atomic E-state index is 12.0. The number of carbonyl (C=O) groups is 1. The summed E-state index contributed by atoms with van der Waals surface area (Å²) in [4.78, 5) is 14.2. The number of hydrogen-bond donors (Lipinski definition) is 2. The number of nitrogens with one attached hydrogen (secondary N) is 2. The summed E-state index contributed by atoms with van der Waals surface area (Å²) < 4.78 is 0. The lowest BCUT2D eigenvalue weighted by Crippen LogP contribution is -2.44. The first-order valence-corrected chi connectivity index (χ1v) is 8.75. The average Bonchev–Trinajstić information content (AvgIpc) is 2.56. The first kappa shape index (κ1) is 18.3. The molecule has 5 nitrogen and oxygen atoms in total. The molecule has 1 saturated carbocycles. The number of urea groups is 1. The molecule has 2 rings (SSSR count). The summed E-state index contributed by atoms with van der Waals surface area (Å²) in [5.41, 5.74) is 1.73. The Morgan fingerprint density at radius 1 is 1.29 bits per heavy atom. The lowest BCUT2D eigenvalue weighted by Gasteiger charge is -2.30. The van der Waals surface area contributed by atoms with Crippen molar-refractivity contribution >= 4 is 6.03 Å². The number of hydrogen-bond acceptors (Lipinski definition) is 3. The van der Waals surface area contributed by atoms with E-state index in [1.807, 2.05) is 18.2 Å². The molecule has 0 radical (unpaired) electrons. The maximum Gasteiger partial charge on any atom is 0.315 e. The van der Waals surface area contributed by atoms with Crippen LogP contribution in [0.2, 0.25) is 0 Å². The Morgan fingerprint density at radius 3 is 2.71 bits per heavy atom. The minimum Gasteiger partial charge on any atom is -0.338 e. The predicted octanol–water partition coefficient (Wildman–Crippen LogP) is 2.52. The molecule has 0 heterocycles. The van der Waals surface area contributed by atoms with Crippen molar-refractivity contribution in [2.45, 2.75) is 38.1 Å². The van der Waals surface area contributed by atoms with E-state index in [4.69, 9.17) is 5.26 Å². The van der Waals surface area contributed by atoms with Gasteiger partial charge < -0.3 is 15.5 Å². The van der Waals surface area contributed by atoms with E-state index in [9.17, 15) is 4.79 Å². The van der Waals surface area contributed by atoms with Gasteiger partial charge in [-0.1, -0.05) is 12.1 Å². The molecule has 0 aliphatic heterocycles. The Balaban J connectivity index is 1.64. The third kappa shape index (κ3) is 6.21. The standard InChI is InChI=1S/C19H28N4O/c1-23(2)14-16-6-8-18(9-7-16)22-19(24)21-11-10-15-4-3-5-17(12-15)13-20/h3-5,12,16,18H,6-11,14H2,1-2H3,(H2,21,22,24). The monoisotopic (exact) mass is 328 g/mol. The third-order valence-corrected chi connectivity index (χ3v) is 4.56. The zero-order valence-corrected chi connectivity index (χ0v) is 14.7. The van der Waals surface area contributed by atoms with Crippen LogP contribution >= 0.6 is 0 Å². The molecule has 2 N–H and O–H groups in total. The van der Waals surface area contributed by atoms with Crippen molar-refractivity contribution in [2.75, 3.05) is 27.2 Å². The molecule has 0 bridgehead atoms. The molecule has 130 valence electrons. The number of nitriles is 1. The zero-order chi connectivity index (χ0) is 17.4. The van der Waals surface area contributed by atoms with Gasteiger partial charge >= 0.3 is 6.03 Å². The molecule has 2 amide bonds. The number of carbonyl (C=O) groups excluding carboxylic acids is 1. The van der Waals surface area contributed by atoms with Gasteiger partial charge in [-0.25, -0.2) is 4.79 Å². The van der Waals surface area contributed by atoms with Crippen LogP contribution in [0.1, 0.15) is 36.8 Å². The molecule has 1 aliphatic rings. The molecule has 5 heteroatoms. The molecule has 0 spiro atoms. The van der Waals surface area contributed by atoms with Crippen LogP contribution in [0.4, 0.5) is 4.79 Å². The van der Waals surface area contributed by atoms with Crippen molar-refractivity contribution in [1.82, 2.24) is 15.5 Å². The van der Waals surface area contributed by atoms with E-state index in [2.05, 4.69) is 35.7 Å². The summed E-state index contributed by atoms with van der Waals surface area (Å²) in [6, 6.07) is 9.86. The summed E-state index contributed by atoms with van der Waals surface area (Å²) in [5.74, 6) is 0.758. The van der Waals surface area contributed by atoms with Gasteiger partial charge in [0, 0.05) is 19.1 Å². The van der Waals surface area contributed by atoms with Gasteiger partial charge in [0.15, 0.2) is 0 Å². The van der Waals surface area contributed by atoms with Gasteiger partial charge in [-0.05, 0) is 69.8 Å². The first-order valence-electron chi connectivity index (χ1n) is 8.75. The van der Waals surface area contributed by atoms with E-state index in [1.54, 1.807) is 6.07 Å². The van der Waals surface area contributed by atoms with Crippen LogP contribution in [-0.2, 0) is 6.42 Å². The lowest BCUT2D eigenvalue weighted by molar-refractivity contribution is 0.216. The predicted molar refractivity (Wildman–Crippen MR) is 95.7 cm³/mol. The van der Waals surface area contributed by atoms with Gasteiger partial charge in [0.2, 0.25) is 0 Å². The maximum absolute atomic E-state index is 12.0. The summed E-state index contributed by atoms with van der Waals surface area (Å²) in [5, 5.41) is 14.9. The van der Waals surface area contributed by atoms with Crippen molar-refractivity contribution in [1.29, 1.82) is 5.26 Å². The van der Waals surface area contributed by atoms with Gasteiger partial charge in [0.25, 0.3) is 0 Å². The van der Waals surface area contributed by atoms with E-state index < -0.39 is 0 Å². The van der Waals surface area contributed by atoms with E-state index in [0.29, 0.717) is 18.2 Å². The largest absolute Gasteiger partial charge is 0.338 e. The highest BCUT2D eigenvalue weighted by Gasteiger charge is 2.22. The van der Waals surface area contributed by atoms with Gasteiger partial charge in [0.1, 0.15) is 0 Å². The Kier molecular flexibility index (Phi) is 7.07. The quantitative estimate of drug-likeness (QED) is 0.843. The second-order valence-corrected chi connectivity index (χ2v) is 6.94. The highest BCUT2D eigenvalue weighted by molar-refractivity contribution is 5.74. The minimum atomic E-state index is -0.0810. The highest BCUT2D eigenvalue weighted by Crippen LogP contribution is 2.24. The van der Waals surface area contributed by atoms with Gasteiger partial charge in [-0.2, -0.15) is 5.26 Å². The van der Waals surface area contributed by atoms with Crippen molar-refractivity contribution in [3.63, 3.8) is 0 Å². The van der Waals surface area contributed by atoms with E-state index in [1.165, 1.54) is 12.8 Å². The van der Waals surface area contributed by atoms with Crippen LogP contribution in [0.15, 0.2) is 24.3 Å². The van der Waals surface area contributed by atoms with Crippen molar-refractivity contribution in [3.05, 3.63) is 35.4 Å². The highest BCUT2D eigenvalue weighted by atomic mass is 16.2. The SMILES string of the molecule is CN(C)CC1CCC(NC(=O)NCCc2cccc(C#N)c2)CC1. The Morgan fingerprint density at radius 2 is 2.04 bits per heavy atom. The number of rotatable bonds is 6. The Labute approximate surface area is 145 Å². The number of benzene rings is 1. The second-order valence-electron chi connectivity index (χ2n) is 6.94. The fourth-order valence-corrected chi connectivity index (χ4v) is 3.36. The molecule has 0 atom stereocenters. The van der Waals surface area contributed by atoms with Crippen LogP contribution in [0.3, 0.4) is 0 Å². The van der Waals surface area contributed by atoms with Gasteiger partial charge in [-0.15, -0.1) is 0 Å². The van der Waals surface area contributed by atoms with Crippen molar-refractivity contribution in [3.8, 4) is 6.07 Å². The smallest absolute Gasteiger partial charge is 0.315 e. The summed E-state index contributed by atoms with van der Waals surface area (Å²) >= 11 is 0. The zero-order valence-electron chi connectivity index (χ0n) is 14.7. The van der Waals surface area contributed by atoms with Crippen LogP contribution in [0, 0.1) is 17.2 Å². The fraction of sp³-hybridized carbons (Fsp3) is 0.579. The second kappa shape index (κ2) is 9.29. The van der Waals surface area contributed by atoms with Gasteiger partial charge in [-0.3, -0.25) is 0 Å². The van der Waals surface area contributed by atoms with Crippen molar-refractivity contribution in [2.24, 2.45) is 5.92 Å². The van der Waals surface area contributed by atoms with E-state index in [0.717, 1.165) is 37.3 Å². The summed E-state index contributed by atoms with van der Waals surface area (Å²) in [6.45, 7) is 1.72. The topological polar surface area (TPSA) is 68.2 Å². The van der Waals surface area contributed by atoms with Crippen LogP contribution in [0.25, 0.3) is 0 Å². The number of amides is 2.